The molecule has 0 saturated heterocycles. The predicted molar refractivity (Wildman–Crippen MR) is 95.9 cm³/mol. The Balaban J connectivity index is 1.95. The number of nitro benzene ring substituents is 1. The zero-order valence-corrected chi connectivity index (χ0v) is 14.5. The molecule has 9 heteroatoms. The first-order valence-electron chi connectivity index (χ1n) is 7.75. The molecular weight excluding hydrogens is 344 g/mol. The van der Waals surface area contributed by atoms with Crippen molar-refractivity contribution in [3.05, 3.63) is 56.5 Å². The molecule has 2 rings (SSSR count). The minimum atomic E-state index is -0.527. The van der Waals surface area contributed by atoms with Gasteiger partial charge < -0.3 is 10.3 Å². The number of carbonyl (C=O) groups excluding carboxylic acids is 1. The van der Waals surface area contributed by atoms with Crippen LogP contribution in [0.4, 0.5) is 11.4 Å². The highest BCUT2D eigenvalue weighted by Crippen LogP contribution is 2.18. The summed E-state index contributed by atoms with van der Waals surface area (Å²) in [6.07, 6.45) is 2.66. The maximum Gasteiger partial charge on any atom is 0.271 e. The van der Waals surface area contributed by atoms with E-state index in [2.05, 4.69) is 22.2 Å². The van der Waals surface area contributed by atoms with Gasteiger partial charge in [-0.05, 0) is 18.9 Å². The molecule has 25 heavy (non-hydrogen) atoms. The van der Waals surface area contributed by atoms with E-state index in [0.717, 1.165) is 24.6 Å². The molecule has 132 valence electrons. The van der Waals surface area contributed by atoms with Gasteiger partial charge in [-0.1, -0.05) is 31.2 Å². The molecule has 0 spiro atoms. The smallest absolute Gasteiger partial charge is 0.271 e. The molecule has 8 nitrogen and oxygen atoms in total. The number of anilines is 1. The molecule has 0 unspecified atom stereocenters. The third-order valence-electron chi connectivity index (χ3n) is 3.24. The minimum absolute atomic E-state index is 0.0306. The van der Waals surface area contributed by atoms with Crippen LogP contribution in [0, 0.1) is 10.1 Å². The van der Waals surface area contributed by atoms with Crippen LogP contribution in [0.1, 0.15) is 25.5 Å². The van der Waals surface area contributed by atoms with Gasteiger partial charge in [-0.25, -0.2) is 4.98 Å². The van der Waals surface area contributed by atoms with Crippen LogP contribution < -0.4 is 10.9 Å². The standard InChI is InChI=1S/C16H18N4O4S/c1-2-3-5-12-9-14(21)19-16(18-12)25-10-15(22)17-11-6-4-7-13(8-11)20(23)24/h4,6-9H,2-3,5,10H2,1H3,(H,17,22)(H,18,19,21). The lowest BCUT2D eigenvalue weighted by atomic mass is 10.2. The summed E-state index contributed by atoms with van der Waals surface area (Å²) in [6, 6.07) is 7.16. The number of rotatable bonds is 8. The van der Waals surface area contributed by atoms with Gasteiger partial charge in [0, 0.05) is 29.6 Å². The highest BCUT2D eigenvalue weighted by Gasteiger charge is 2.10. The predicted octanol–water partition coefficient (Wildman–Crippen LogP) is 2.75. The lowest BCUT2D eigenvalue weighted by molar-refractivity contribution is -0.384. The largest absolute Gasteiger partial charge is 0.325 e. The Hall–Kier alpha value is -2.68. The van der Waals surface area contributed by atoms with Crippen LogP contribution in [-0.4, -0.2) is 26.6 Å². The fourth-order valence-electron chi connectivity index (χ4n) is 2.07. The summed E-state index contributed by atoms with van der Waals surface area (Å²) in [7, 11) is 0. The molecule has 0 aliphatic rings. The SMILES string of the molecule is CCCCc1cc(=O)[nH]c(SCC(=O)Nc2cccc([N+](=O)[O-])c2)n1. The van der Waals surface area contributed by atoms with E-state index >= 15 is 0 Å². The number of non-ortho nitro benzene ring substituents is 1. The minimum Gasteiger partial charge on any atom is -0.325 e. The Morgan fingerprint density at radius 2 is 2.20 bits per heavy atom. The quantitative estimate of drug-likeness (QED) is 0.323. The molecule has 0 aliphatic heterocycles. The number of unbranched alkanes of at least 4 members (excludes halogenated alkanes) is 1. The van der Waals surface area contributed by atoms with Crippen molar-refractivity contribution in [3.63, 3.8) is 0 Å². The third kappa shape index (κ3) is 6.03. The van der Waals surface area contributed by atoms with Crippen LogP contribution in [0.3, 0.4) is 0 Å². The monoisotopic (exact) mass is 362 g/mol. The van der Waals surface area contributed by atoms with Gasteiger partial charge in [0.25, 0.3) is 11.2 Å². The molecule has 1 amide bonds. The maximum absolute atomic E-state index is 12.0. The fraction of sp³-hybridized carbons (Fsp3) is 0.312. The number of aromatic nitrogens is 2. The zero-order chi connectivity index (χ0) is 18.2. The summed E-state index contributed by atoms with van der Waals surface area (Å²) >= 11 is 1.11. The van der Waals surface area contributed by atoms with Crippen molar-refractivity contribution in [1.29, 1.82) is 0 Å². The van der Waals surface area contributed by atoms with Gasteiger partial charge in [0.2, 0.25) is 5.91 Å². The zero-order valence-electron chi connectivity index (χ0n) is 13.7. The average molecular weight is 362 g/mol. The number of nitrogens with one attached hydrogen (secondary N) is 2. The van der Waals surface area contributed by atoms with Crippen LogP contribution in [0.25, 0.3) is 0 Å². The van der Waals surface area contributed by atoms with E-state index in [9.17, 15) is 19.7 Å². The van der Waals surface area contributed by atoms with Gasteiger partial charge in [-0.3, -0.25) is 19.7 Å². The Kier molecular flexibility index (Phi) is 6.70. The second-order valence-electron chi connectivity index (χ2n) is 5.29. The molecule has 1 aromatic carbocycles. The Morgan fingerprint density at radius 3 is 2.92 bits per heavy atom. The third-order valence-corrected chi connectivity index (χ3v) is 4.11. The number of aromatic amines is 1. The van der Waals surface area contributed by atoms with Crippen LogP contribution in [0.2, 0.25) is 0 Å². The first-order valence-corrected chi connectivity index (χ1v) is 8.74. The summed E-state index contributed by atoms with van der Waals surface area (Å²) in [4.78, 5) is 40.8. The number of hydrogen-bond donors (Lipinski definition) is 2. The first-order chi connectivity index (χ1) is 12.0. The number of benzene rings is 1. The van der Waals surface area contributed by atoms with Gasteiger partial charge in [0.1, 0.15) is 0 Å². The lowest BCUT2D eigenvalue weighted by Crippen LogP contribution is -2.16. The number of H-pyrrole nitrogens is 1. The van der Waals surface area contributed by atoms with E-state index in [1.54, 1.807) is 6.07 Å². The lowest BCUT2D eigenvalue weighted by Gasteiger charge is -2.06. The highest BCUT2D eigenvalue weighted by molar-refractivity contribution is 7.99. The Morgan fingerprint density at radius 1 is 1.40 bits per heavy atom. The van der Waals surface area contributed by atoms with Gasteiger partial charge >= 0.3 is 0 Å². The molecule has 1 aromatic heterocycles. The summed E-state index contributed by atoms with van der Waals surface area (Å²) in [6.45, 7) is 2.06. The molecular formula is C16H18N4O4S. The summed E-state index contributed by atoms with van der Waals surface area (Å²) in [5.74, 6) is -0.310. The van der Waals surface area contributed by atoms with Crippen LogP contribution in [0.5, 0.6) is 0 Å². The molecule has 2 N–H and O–H groups in total. The number of thioether (sulfide) groups is 1. The molecule has 0 radical (unpaired) electrons. The van der Waals surface area contributed by atoms with Crippen molar-refractivity contribution in [1.82, 2.24) is 9.97 Å². The van der Waals surface area contributed by atoms with Crippen LogP contribution in [-0.2, 0) is 11.2 Å². The van der Waals surface area contributed by atoms with E-state index < -0.39 is 4.92 Å². The topological polar surface area (TPSA) is 118 Å². The van der Waals surface area contributed by atoms with Crippen molar-refractivity contribution in [2.24, 2.45) is 0 Å². The van der Waals surface area contributed by atoms with Gasteiger partial charge in [0.05, 0.1) is 10.7 Å². The van der Waals surface area contributed by atoms with E-state index in [0.29, 0.717) is 23.0 Å². The molecule has 2 aromatic rings. The van der Waals surface area contributed by atoms with Crippen molar-refractivity contribution in [2.45, 2.75) is 31.3 Å². The van der Waals surface area contributed by atoms with E-state index in [4.69, 9.17) is 0 Å². The molecule has 0 fully saturated rings. The van der Waals surface area contributed by atoms with Gasteiger partial charge in [0.15, 0.2) is 5.16 Å². The first kappa shape index (κ1) is 18.7. The molecule has 0 aliphatic carbocycles. The van der Waals surface area contributed by atoms with Gasteiger partial charge in [-0.15, -0.1) is 0 Å². The second kappa shape index (κ2) is 8.97. The van der Waals surface area contributed by atoms with Crippen molar-refractivity contribution >= 4 is 29.0 Å². The van der Waals surface area contributed by atoms with Crippen LogP contribution in [0.15, 0.2) is 40.3 Å². The van der Waals surface area contributed by atoms with E-state index in [-0.39, 0.29) is 22.9 Å². The van der Waals surface area contributed by atoms with E-state index in [1.165, 1.54) is 24.3 Å². The van der Waals surface area contributed by atoms with Crippen molar-refractivity contribution < 1.29 is 9.72 Å². The molecule has 0 bridgehead atoms. The molecule has 0 saturated carbocycles. The van der Waals surface area contributed by atoms with Crippen molar-refractivity contribution in [3.8, 4) is 0 Å². The second-order valence-corrected chi connectivity index (χ2v) is 6.25. The van der Waals surface area contributed by atoms with Gasteiger partial charge in [-0.2, -0.15) is 0 Å². The molecule has 1 heterocycles. The fourth-order valence-corrected chi connectivity index (χ4v) is 2.76. The maximum atomic E-state index is 12.0. The summed E-state index contributed by atoms with van der Waals surface area (Å²) in [5, 5.41) is 13.7. The number of nitro groups is 1. The van der Waals surface area contributed by atoms with Crippen molar-refractivity contribution in [2.75, 3.05) is 11.1 Å². The average Bonchev–Trinajstić information content (AvgIpc) is 2.58. The normalized spacial score (nSPS) is 10.4. The highest BCUT2D eigenvalue weighted by atomic mass is 32.2. The Labute approximate surface area is 148 Å². The number of carbonyl (C=O) groups is 1. The molecule has 0 atom stereocenters. The number of hydrogen-bond acceptors (Lipinski definition) is 6. The summed E-state index contributed by atoms with van der Waals surface area (Å²) < 4.78 is 0. The Bertz CT molecular complexity index is 822. The summed E-state index contributed by atoms with van der Waals surface area (Å²) in [5.41, 5.74) is 0.702. The number of amides is 1. The van der Waals surface area contributed by atoms with E-state index in [1.807, 2.05) is 0 Å². The number of aryl methyl sites for hydroxylation is 1. The number of nitrogens with zero attached hydrogens (tertiary/aromatic N) is 2. The van der Waals surface area contributed by atoms with Crippen LogP contribution >= 0.6 is 11.8 Å².